The van der Waals surface area contributed by atoms with Gasteiger partial charge in [0, 0.05) is 20.5 Å². The highest BCUT2D eigenvalue weighted by Crippen LogP contribution is 2.31. The van der Waals surface area contributed by atoms with Crippen LogP contribution in [0.15, 0.2) is 4.99 Å². The van der Waals surface area contributed by atoms with Crippen molar-refractivity contribution in [2.24, 2.45) is 22.6 Å². The van der Waals surface area contributed by atoms with Gasteiger partial charge >= 0.3 is 0 Å². The van der Waals surface area contributed by atoms with Crippen LogP contribution in [0.25, 0.3) is 0 Å². The predicted octanol–water partition coefficient (Wildman–Crippen LogP) is 2.86. The molecule has 2 saturated carbocycles. The molecule has 0 saturated heterocycles. The number of hydrogen-bond donors (Lipinski definition) is 2. The Morgan fingerprint density at radius 3 is 2.15 bits per heavy atom. The Hall–Kier alpha value is -1.59. The Labute approximate surface area is 164 Å². The zero-order valence-electron chi connectivity index (χ0n) is 17.2. The molecular weight excluding hydrogens is 340 g/mol. The summed E-state index contributed by atoms with van der Waals surface area (Å²) in [4.78, 5) is 30.5. The van der Waals surface area contributed by atoms with Gasteiger partial charge in [0.15, 0.2) is 5.96 Å². The lowest BCUT2D eigenvalue weighted by Gasteiger charge is -2.39. The van der Waals surface area contributed by atoms with Crippen molar-refractivity contribution >= 4 is 18.2 Å². The highest BCUT2D eigenvalue weighted by atomic mass is 16.2. The number of rotatable bonds is 8. The molecule has 6 heteroatoms. The smallest absolute Gasteiger partial charge is 0.219 e. The van der Waals surface area contributed by atoms with E-state index in [2.05, 4.69) is 10.3 Å². The molecule has 6 nitrogen and oxygen atoms in total. The van der Waals surface area contributed by atoms with Gasteiger partial charge in [0.2, 0.25) is 5.91 Å². The van der Waals surface area contributed by atoms with E-state index in [1.165, 1.54) is 51.4 Å². The second-order valence-electron chi connectivity index (χ2n) is 8.62. The molecule has 1 unspecified atom stereocenters. The Morgan fingerprint density at radius 2 is 1.67 bits per heavy atom. The van der Waals surface area contributed by atoms with Crippen molar-refractivity contribution in [3.05, 3.63) is 0 Å². The molecule has 0 bridgehead atoms. The molecule has 2 rings (SSSR count). The first-order valence-electron chi connectivity index (χ1n) is 10.7. The lowest BCUT2D eigenvalue weighted by Crippen LogP contribution is -2.60. The molecule has 2 fully saturated rings. The number of aldehydes is 1. The van der Waals surface area contributed by atoms with Crippen molar-refractivity contribution in [3.8, 4) is 0 Å². The lowest BCUT2D eigenvalue weighted by atomic mass is 9.79. The van der Waals surface area contributed by atoms with Crippen LogP contribution in [-0.2, 0) is 9.59 Å². The monoisotopic (exact) mass is 378 g/mol. The summed E-state index contributed by atoms with van der Waals surface area (Å²) < 4.78 is 0. The normalized spacial score (nSPS) is 22.1. The van der Waals surface area contributed by atoms with Gasteiger partial charge in [-0.15, -0.1) is 0 Å². The van der Waals surface area contributed by atoms with Crippen LogP contribution >= 0.6 is 0 Å². The highest BCUT2D eigenvalue weighted by Gasteiger charge is 2.37. The van der Waals surface area contributed by atoms with Crippen LogP contribution in [0.2, 0.25) is 0 Å². The van der Waals surface area contributed by atoms with Crippen molar-refractivity contribution in [1.29, 1.82) is 0 Å². The van der Waals surface area contributed by atoms with E-state index in [1.54, 1.807) is 14.0 Å². The molecule has 0 spiro atoms. The van der Waals surface area contributed by atoms with Gasteiger partial charge in [0.1, 0.15) is 11.8 Å². The second-order valence-corrected chi connectivity index (χ2v) is 8.62. The molecule has 0 aromatic rings. The van der Waals surface area contributed by atoms with Crippen molar-refractivity contribution in [1.82, 2.24) is 10.2 Å². The molecular formula is C21H38N4O2. The molecule has 3 N–H and O–H groups in total. The predicted molar refractivity (Wildman–Crippen MR) is 109 cm³/mol. The SMILES string of the molecule is CN=C(N)NC(C=O)(CC1CCCCC1)CN(CC1CCCCC1)C(C)=O. The second kappa shape index (κ2) is 10.7. The minimum absolute atomic E-state index is 0.0317. The molecule has 1 atom stereocenters. The Kier molecular flexibility index (Phi) is 8.58. The summed E-state index contributed by atoms with van der Waals surface area (Å²) in [6, 6.07) is 0. The van der Waals surface area contributed by atoms with Crippen molar-refractivity contribution < 1.29 is 9.59 Å². The quantitative estimate of drug-likeness (QED) is 0.386. The minimum Gasteiger partial charge on any atom is -0.370 e. The molecule has 0 aromatic heterocycles. The van der Waals surface area contributed by atoms with E-state index in [1.807, 2.05) is 4.90 Å². The third-order valence-corrected chi connectivity index (χ3v) is 6.34. The number of nitrogens with two attached hydrogens (primary N) is 1. The van der Waals surface area contributed by atoms with E-state index >= 15 is 0 Å². The summed E-state index contributed by atoms with van der Waals surface area (Å²) in [5, 5.41) is 3.17. The van der Waals surface area contributed by atoms with Gasteiger partial charge in [-0.05, 0) is 31.1 Å². The number of guanidine groups is 1. The Morgan fingerprint density at radius 1 is 1.11 bits per heavy atom. The van der Waals surface area contributed by atoms with Crippen molar-refractivity contribution in [2.75, 3.05) is 20.1 Å². The van der Waals surface area contributed by atoms with E-state index in [0.717, 1.165) is 25.7 Å². The lowest BCUT2D eigenvalue weighted by molar-refractivity contribution is -0.131. The number of nitrogens with zero attached hydrogens (tertiary/aromatic N) is 2. The van der Waals surface area contributed by atoms with E-state index < -0.39 is 5.54 Å². The van der Waals surface area contributed by atoms with Crippen LogP contribution in [0.5, 0.6) is 0 Å². The fraction of sp³-hybridized carbons (Fsp3) is 0.857. The molecule has 0 aliphatic heterocycles. The van der Waals surface area contributed by atoms with Gasteiger partial charge in [-0.3, -0.25) is 9.79 Å². The van der Waals surface area contributed by atoms with Gasteiger partial charge in [-0.2, -0.15) is 0 Å². The topological polar surface area (TPSA) is 87.8 Å². The summed E-state index contributed by atoms with van der Waals surface area (Å²) in [6.07, 6.45) is 13.8. The van der Waals surface area contributed by atoms with Gasteiger partial charge in [0.05, 0.1) is 6.54 Å². The molecule has 0 radical (unpaired) electrons. The van der Waals surface area contributed by atoms with E-state index in [0.29, 0.717) is 24.8 Å². The standard InChI is InChI=1S/C21H38N4O2/c1-17(27)25(14-19-11-7-4-8-12-19)15-21(16-26,24-20(22)23-2)13-18-9-5-3-6-10-18/h16,18-19H,3-15H2,1-2H3,(H3,22,23,24). The number of amides is 1. The van der Waals surface area contributed by atoms with Gasteiger partial charge in [-0.1, -0.05) is 51.4 Å². The molecule has 27 heavy (non-hydrogen) atoms. The molecule has 1 amide bonds. The summed E-state index contributed by atoms with van der Waals surface area (Å²) in [6.45, 7) is 2.71. The zero-order chi connectivity index (χ0) is 19.7. The van der Waals surface area contributed by atoms with Crippen LogP contribution in [0.3, 0.4) is 0 Å². The van der Waals surface area contributed by atoms with Gasteiger partial charge < -0.3 is 20.7 Å². The Balaban J connectivity index is 2.14. The molecule has 154 valence electrons. The van der Waals surface area contributed by atoms with Crippen molar-refractivity contribution in [2.45, 2.75) is 83.1 Å². The molecule has 2 aliphatic carbocycles. The first kappa shape index (κ1) is 21.7. The van der Waals surface area contributed by atoms with Gasteiger partial charge in [-0.25, -0.2) is 0 Å². The number of aliphatic imine (C=N–C) groups is 1. The number of hydrogen-bond acceptors (Lipinski definition) is 3. The molecule has 0 aromatic carbocycles. The van der Waals surface area contributed by atoms with Crippen LogP contribution in [-0.4, -0.2) is 48.7 Å². The summed E-state index contributed by atoms with van der Waals surface area (Å²) in [7, 11) is 1.61. The van der Waals surface area contributed by atoms with Crippen molar-refractivity contribution in [3.63, 3.8) is 0 Å². The van der Waals surface area contributed by atoms with Crippen LogP contribution in [0, 0.1) is 11.8 Å². The maximum absolute atomic E-state index is 12.4. The maximum Gasteiger partial charge on any atom is 0.219 e. The average Bonchev–Trinajstić information content (AvgIpc) is 2.68. The number of carbonyl (C=O) groups excluding carboxylic acids is 2. The minimum atomic E-state index is -0.855. The third-order valence-electron chi connectivity index (χ3n) is 6.34. The molecule has 0 heterocycles. The maximum atomic E-state index is 12.4. The fourth-order valence-corrected chi connectivity index (χ4v) is 4.81. The van der Waals surface area contributed by atoms with E-state index in [4.69, 9.17) is 5.73 Å². The average molecular weight is 379 g/mol. The van der Waals surface area contributed by atoms with Crippen LogP contribution in [0.4, 0.5) is 0 Å². The first-order chi connectivity index (χ1) is 13.0. The summed E-state index contributed by atoms with van der Waals surface area (Å²) >= 11 is 0. The summed E-state index contributed by atoms with van der Waals surface area (Å²) in [5.41, 5.74) is 5.10. The zero-order valence-corrected chi connectivity index (χ0v) is 17.2. The highest BCUT2D eigenvalue weighted by molar-refractivity contribution is 5.84. The van der Waals surface area contributed by atoms with E-state index in [9.17, 15) is 9.59 Å². The largest absolute Gasteiger partial charge is 0.370 e. The number of carbonyl (C=O) groups is 2. The third kappa shape index (κ3) is 6.82. The van der Waals surface area contributed by atoms with E-state index in [-0.39, 0.29) is 11.9 Å². The molecule has 2 aliphatic rings. The van der Waals surface area contributed by atoms with Crippen LogP contribution < -0.4 is 11.1 Å². The fourth-order valence-electron chi connectivity index (χ4n) is 4.81. The van der Waals surface area contributed by atoms with Gasteiger partial charge in [0.25, 0.3) is 0 Å². The first-order valence-corrected chi connectivity index (χ1v) is 10.7. The summed E-state index contributed by atoms with van der Waals surface area (Å²) in [5.74, 6) is 1.33. The number of nitrogens with one attached hydrogen (secondary N) is 1. The van der Waals surface area contributed by atoms with Crippen LogP contribution in [0.1, 0.15) is 77.6 Å². The Bertz CT molecular complexity index is 510.